The third kappa shape index (κ3) is 3.34. The zero-order valence-electron chi connectivity index (χ0n) is 11.5. The van der Waals surface area contributed by atoms with E-state index in [2.05, 4.69) is 45.8 Å². The second-order valence-electron chi connectivity index (χ2n) is 4.67. The van der Waals surface area contributed by atoms with E-state index < -0.39 is 0 Å². The number of benzene rings is 1. The highest BCUT2D eigenvalue weighted by atomic mass is 32.1. The number of aromatic amines is 1. The number of rotatable bonds is 4. The summed E-state index contributed by atoms with van der Waals surface area (Å²) in [5, 5.41) is 13.6. The van der Waals surface area contributed by atoms with Gasteiger partial charge in [0.2, 0.25) is 4.77 Å². The van der Waals surface area contributed by atoms with Gasteiger partial charge in [-0.05, 0) is 36.2 Å². The fourth-order valence-electron chi connectivity index (χ4n) is 2.00. The molecule has 0 unspecified atom stereocenters. The molecule has 0 saturated carbocycles. The van der Waals surface area contributed by atoms with Gasteiger partial charge in [-0.2, -0.15) is 14.9 Å². The molecule has 2 aromatic heterocycles. The molecule has 0 spiro atoms. The maximum Gasteiger partial charge on any atom is 0.216 e. The van der Waals surface area contributed by atoms with Gasteiger partial charge in [0.15, 0.2) is 5.82 Å². The highest BCUT2D eigenvalue weighted by Gasteiger charge is 2.06. The van der Waals surface area contributed by atoms with Crippen molar-refractivity contribution in [3.63, 3.8) is 0 Å². The molecule has 2 heterocycles. The summed E-state index contributed by atoms with van der Waals surface area (Å²) in [5.74, 6) is 0.811. The fourth-order valence-corrected chi connectivity index (χ4v) is 2.90. The van der Waals surface area contributed by atoms with Crippen molar-refractivity contribution in [2.75, 3.05) is 0 Å². The van der Waals surface area contributed by atoms with Gasteiger partial charge in [-0.3, -0.25) is 5.10 Å². The lowest BCUT2D eigenvalue weighted by Gasteiger charge is -1.99. The Balaban J connectivity index is 1.88. The molecule has 0 radical (unpaired) electrons. The van der Waals surface area contributed by atoms with Crippen molar-refractivity contribution in [1.29, 1.82) is 0 Å². The van der Waals surface area contributed by atoms with Crippen LogP contribution in [-0.4, -0.2) is 21.1 Å². The minimum Gasteiger partial charge on any atom is -0.250 e. The predicted molar refractivity (Wildman–Crippen MR) is 88.7 cm³/mol. The van der Waals surface area contributed by atoms with Crippen molar-refractivity contribution in [3.8, 4) is 0 Å². The molecule has 1 N–H and O–H groups in total. The molecule has 6 heteroatoms. The summed E-state index contributed by atoms with van der Waals surface area (Å²) >= 11 is 6.94. The summed E-state index contributed by atoms with van der Waals surface area (Å²) < 4.78 is 2.18. The molecule has 21 heavy (non-hydrogen) atoms. The lowest BCUT2D eigenvalue weighted by Crippen LogP contribution is -1.99. The first-order chi connectivity index (χ1) is 10.2. The van der Waals surface area contributed by atoms with Gasteiger partial charge in [0.1, 0.15) is 0 Å². The molecule has 1 aromatic carbocycles. The zero-order chi connectivity index (χ0) is 14.7. The SMILES string of the molecule is Cc1cccc(/C=N\n2c(Cc3cccs3)n[nH]c2=S)c1. The first-order valence-electron chi connectivity index (χ1n) is 6.52. The van der Waals surface area contributed by atoms with E-state index in [4.69, 9.17) is 12.2 Å². The molecule has 3 rings (SSSR count). The minimum absolute atomic E-state index is 0.505. The van der Waals surface area contributed by atoms with Crippen LogP contribution >= 0.6 is 23.6 Å². The number of hydrogen-bond acceptors (Lipinski definition) is 4. The Morgan fingerprint density at radius 2 is 2.29 bits per heavy atom. The van der Waals surface area contributed by atoms with Crippen LogP contribution < -0.4 is 0 Å². The number of thiophene rings is 1. The molecule has 0 saturated heterocycles. The van der Waals surface area contributed by atoms with Crippen LogP contribution in [0.25, 0.3) is 0 Å². The standard InChI is InChI=1S/C15H14N4S2/c1-11-4-2-5-12(8-11)10-16-19-14(17-18-15(19)20)9-13-6-3-7-21-13/h2-8,10H,9H2,1H3,(H,18,20)/b16-10-. The van der Waals surface area contributed by atoms with E-state index in [0.29, 0.717) is 4.77 Å². The lowest BCUT2D eigenvalue weighted by atomic mass is 10.2. The molecular weight excluding hydrogens is 300 g/mol. The maximum absolute atomic E-state index is 5.24. The maximum atomic E-state index is 5.24. The first-order valence-corrected chi connectivity index (χ1v) is 7.81. The number of aromatic nitrogens is 3. The van der Waals surface area contributed by atoms with Crippen LogP contribution in [0.3, 0.4) is 0 Å². The summed E-state index contributed by atoms with van der Waals surface area (Å²) in [6.07, 6.45) is 2.52. The largest absolute Gasteiger partial charge is 0.250 e. The topological polar surface area (TPSA) is 46.0 Å². The highest BCUT2D eigenvalue weighted by molar-refractivity contribution is 7.71. The molecule has 0 fully saturated rings. The number of nitrogens with one attached hydrogen (secondary N) is 1. The number of nitrogens with zero attached hydrogens (tertiary/aromatic N) is 3. The van der Waals surface area contributed by atoms with Gasteiger partial charge in [-0.25, -0.2) is 0 Å². The average Bonchev–Trinajstić information content (AvgIpc) is 3.08. The Hall–Kier alpha value is -2.05. The molecule has 3 aromatic rings. The van der Waals surface area contributed by atoms with Gasteiger partial charge in [0.25, 0.3) is 0 Å². The number of aryl methyl sites for hydroxylation is 1. The van der Waals surface area contributed by atoms with Crippen molar-refractivity contribution in [2.24, 2.45) is 5.10 Å². The Kier molecular flexibility index (Phi) is 4.08. The average molecular weight is 314 g/mol. The van der Waals surface area contributed by atoms with Crippen LogP contribution in [0.4, 0.5) is 0 Å². The van der Waals surface area contributed by atoms with Crippen LogP contribution in [0.2, 0.25) is 0 Å². The van der Waals surface area contributed by atoms with Crippen molar-refractivity contribution >= 4 is 29.8 Å². The number of H-pyrrole nitrogens is 1. The van der Waals surface area contributed by atoms with E-state index in [9.17, 15) is 0 Å². The molecule has 0 aliphatic rings. The molecule has 0 aliphatic carbocycles. The van der Waals surface area contributed by atoms with Crippen molar-refractivity contribution in [3.05, 3.63) is 68.4 Å². The Morgan fingerprint density at radius 3 is 3.05 bits per heavy atom. The van der Waals surface area contributed by atoms with Gasteiger partial charge in [-0.15, -0.1) is 11.3 Å². The predicted octanol–water partition coefficient (Wildman–Crippen LogP) is 3.78. The molecule has 0 amide bonds. The normalized spacial score (nSPS) is 11.3. The smallest absolute Gasteiger partial charge is 0.216 e. The van der Waals surface area contributed by atoms with E-state index in [-0.39, 0.29) is 0 Å². The van der Waals surface area contributed by atoms with Gasteiger partial charge in [-0.1, -0.05) is 35.9 Å². The Morgan fingerprint density at radius 1 is 1.38 bits per heavy atom. The molecule has 0 aliphatic heterocycles. The summed E-state index contributed by atoms with van der Waals surface area (Å²) in [5.41, 5.74) is 2.24. The van der Waals surface area contributed by atoms with E-state index in [1.54, 1.807) is 22.2 Å². The van der Waals surface area contributed by atoms with Crippen LogP contribution in [-0.2, 0) is 6.42 Å². The third-order valence-corrected chi connectivity index (χ3v) is 4.13. The van der Waals surface area contributed by atoms with E-state index in [0.717, 1.165) is 17.8 Å². The summed E-state index contributed by atoms with van der Waals surface area (Å²) in [7, 11) is 0. The van der Waals surface area contributed by atoms with Gasteiger partial charge in [0.05, 0.1) is 6.21 Å². The monoisotopic (exact) mass is 314 g/mol. The zero-order valence-corrected chi connectivity index (χ0v) is 13.1. The summed E-state index contributed by atoms with van der Waals surface area (Å²) in [6.45, 7) is 2.06. The van der Waals surface area contributed by atoms with Gasteiger partial charge in [0, 0.05) is 11.3 Å². The van der Waals surface area contributed by atoms with E-state index in [1.165, 1.54) is 10.4 Å². The van der Waals surface area contributed by atoms with E-state index in [1.807, 2.05) is 18.2 Å². The second kappa shape index (κ2) is 6.15. The molecule has 0 bridgehead atoms. The first kappa shape index (κ1) is 13.9. The second-order valence-corrected chi connectivity index (χ2v) is 6.09. The van der Waals surface area contributed by atoms with Crippen molar-refractivity contribution < 1.29 is 0 Å². The highest BCUT2D eigenvalue weighted by Crippen LogP contribution is 2.13. The van der Waals surface area contributed by atoms with Gasteiger partial charge < -0.3 is 0 Å². The van der Waals surface area contributed by atoms with Gasteiger partial charge >= 0.3 is 0 Å². The summed E-state index contributed by atoms with van der Waals surface area (Å²) in [4.78, 5) is 1.23. The Bertz CT molecular complexity index is 812. The van der Waals surface area contributed by atoms with Crippen LogP contribution in [0.1, 0.15) is 21.8 Å². The molecule has 0 atom stereocenters. The summed E-state index contributed by atoms with van der Waals surface area (Å²) in [6, 6.07) is 12.3. The van der Waals surface area contributed by atoms with E-state index >= 15 is 0 Å². The third-order valence-electron chi connectivity index (χ3n) is 2.99. The van der Waals surface area contributed by atoms with Crippen molar-refractivity contribution in [1.82, 2.24) is 14.9 Å². The van der Waals surface area contributed by atoms with Crippen LogP contribution in [0.15, 0.2) is 46.9 Å². The molecular formula is C15H14N4S2. The Labute approximate surface area is 131 Å². The minimum atomic E-state index is 0.505. The van der Waals surface area contributed by atoms with Crippen LogP contribution in [0.5, 0.6) is 0 Å². The molecule has 106 valence electrons. The lowest BCUT2D eigenvalue weighted by molar-refractivity contribution is 0.795. The quantitative estimate of drug-likeness (QED) is 0.588. The van der Waals surface area contributed by atoms with Crippen LogP contribution in [0, 0.1) is 11.7 Å². The number of hydrogen-bond donors (Lipinski definition) is 1. The van der Waals surface area contributed by atoms with Crippen molar-refractivity contribution in [2.45, 2.75) is 13.3 Å². The molecule has 4 nitrogen and oxygen atoms in total. The fraction of sp³-hybridized carbons (Fsp3) is 0.133.